The number of aliphatic imine (C=N–C) groups is 1. The van der Waals surface area contributed by atoms with Crippen molar-refractivity contribution in [3.63, 3.8) is 0 Å². The highest BCUT2D eigenvalue weighted by molar-refractivity contribution is 14.0. The van der Waals surface area contributed by atoms with Gasteiger partial charge in [-0.3, -0.25) is 4.99 Å². The minimum absolute atomic E-state index is 0. The summed E-state index contributed by atoms with van der Waals surface area (Å²) >= 11 is 0. The lowest BCUT2D eigenvalue weighted by molar-refractivity contribution is 0.136. The molecule has 1 unspecified atom stereocenters. The molecule has 2 N–H and O–H groups in total. The van der Waals surface area contributed by atoms with Crippen LogP contribution in [0.2, 0.25) is 0 Å². The molecule has 9 heteroatoms. The average Bonchev–Trinajstić information content (AvgIpc) is 3.22. The van der Waals surface area contributed by atoms with Crippen LogP contribution < -0.4 is 15.5 Å². The number of rotatable bonds is 9. The van der Waals surface area contributed by atoms with Crippen molar-refractivity contribution in [1.82, 2.24) is 20.4 Å². The van der Waals surface area contributed by atoms with E-state index in [1.807, 2.05) is 4.90 Å². The van der Waals surface area contributed by atoms with Crippen LogP contribution in [-0.2, 0) is 0 Å². The zero-order valence-electron chi connectivity index (χ0n) is 19.5. The van der Waals surface area contributed by atoms with Crippen LogP contribution in [0.25, 0.3) is 0 Å². The van der Waals surface area contributed by atoms with Crippen molar-refractivity contribution in [3.8, 4) is 0 Å². The normalized spacial score (nSPS) is 20.3. The summed E-state index contributed by atoms with van der Waals surface area (Å²) in [6.45, 7) is 14.3. The molecule has 0 amide bonds. The molecule has 1 aromatic carbocycles. The van der Waals surface area contributed by atoms with Crippen molar-refractivity contribution in [2.75, 3.05) is 70.3 Å². The predicted molar refractivity (Wildman–Crippen MR) is 139 cm³/mol. The fourth-order valence-electron chi connectivity index (χ4n) is 4.32. The van der Waals surface area contributed by atoms with Gasteiger partial charge in [0.15, 0.2) is 5.96 Å². The zero-order valence-corrected chi connectivity index (χ0v) is 21.8. The molecule has 0 aromatic heterocycles. The molecule has 1 atom stereocenters. The van der Waals surface area contributed by atoms with Gasteiger partial charge in [0.05, 0.1) is 5.69 Å². The van der Waals surface area contributed by atoms with Gasteiger partial charge in [0, 0.05) is 64.5 Å². The van der Waals surface area contributed by atoms with Crippen LogP contribution in [0.3, 0.4) is 0 Å². The van der Waals surface area contributed by atoms with E-state index in [0.717, 1.165) is 64.0 Å². The van der Waals surface area contributed by atoms with Gasteiger partial charge in [0.25, 0.3) is 0 Å². The number of hydrogen-bond donors (Lipinski definition) is 2. The Labute approximate surface area is 208 Å². The van der Waals surface area contributed by atoms with Crippen LogP contribution in [-0.4, -0.2) is 87.2 Å². The Morgan fingerprint density at radius 1 is 1.06 bits per heavy atom. The molecule has 32 heavy (non-hydrogen) atoms. The summed E-state index contributed by atoms with van der Waals surface area (Å²) in [4.78, 5) is 11.8. The molecule has 2 fully saturated rings. The maximum Gasteiger partial charge on any atom is 0.191 e. The van der Waals surface area contributed by atoms with Gasteiger partial charge in [0.2, 0.25) is 0 Å². The third kappa shape index (κ3) is 8.30. The molecule has 0 saturated carbocycles. The van der Waals surface area contributed by atoms with Crippen molar-refractivity contribution in [2.24, 2.45) is 4.99 Å². The van der Waals surface area contributed by atoms with Crippen molar-refractivity contribution in [1.29, 1.82) is 0 Å². The highest BCUT2D eigenvalue weighted by atomic mass is 127. The van der Waals surface area contributed by atoms with E-state index < -0.39 is 11.6 Å². The number of nitrogens with one attached hydrogen (secondary N) is 2. The second-order valence-electron chi connectivity index (χ2n) is 8.42. The topological polar surface area (TPSA) is 46.1 Å². The van der Waals surface area contributed by atoms with Gasteiger partial charge >= 0.3 is 0 Å². The van der Waals surface area contributed by atoms with E-state index in [4.69, 9.17) is 4.99 Å². The lowest BCUT2D eigenvalue weighted by Gasteiger charge is -2.33. The quantitative estimate of drug-likeness (QED) is 0.209. The molecule has 3 rings (SSSR count). The molecular weight excluding hydrogens is 525 g/mol. The van der Waals surface area contributed by atoms with Crippen LogP contribution in [0.1, 0.15) is 33.1 Å². The maximum absolute atomic E-state index is 14.1. The molecule has 2 heterocycles. The molecule has 0 bridgehead atoms. The smallest absolute Gasteiger partial charge is 0.191 e. The number of anilines is 1. The van der Waals surface area contributed by atoms with Gasteiger partial charge in [-0.15, -0.1) is 24.0 Å². The molecule has 2 aliphatic rings. The number of guanidine groups is 1. The predicted octanol–water partition coefficient (Wildman–Crippen LogP) is 3.13. The van der Waals surface area contributed by atoms with E-state index in [1.165, 1.54) is 38.3 Å². The lowest BCUT2D eigenvalue weighted by atomic mass is 10.2. The van der Waals surface area contributed by atoms with Crippen molar-refractivity contribution >= 4 is 35.6 Å². The Bertz CT molecular complexity index is 712. The number of piperazine rings is 1. The van der Waals surface area contributed by atoms with E-state index in [1.54, 1.807) is 0 Å². The Kier molecular flexibility index (Phi) is 12.0. The number of halogens is 3. The third-order valence-electron chi connectivity index (χ3n) is 6.19. The first-order valence-corrected chi connectivity index (χ1v) is 11.8. The summed E-state index contributed by atoms with van der Waals surface area (Å²) in [7, 11) is 0. The van der Waals surface area contributed by atoms with E-state index in [2.05, 4.69) is 34.3 Å². The number of likely N-dealkylation sites (N-methyl/N-ethyl adjacent to an activating group) is 1. The number of nitrogens with zero attached hydrogens (tertiary/aromatic N) is 4. The molecule has 0 spiro atoms. The minimum Gasteiger partial charge on any atom is -0.367 e. The first kappa shape index (κ1) is 27.0. The molecule has 0 radical (unpaired) electrons. The van der Waals surface area contributed by atoms with Crippen molar-refractivity contribution in [2.45, 2.75) is 39.2 Å². The number of hydrogen-bond acceptors (Lipinski definition) is 4. The van der Waals surface area contributed by atoms with Crippen LogP contribution in [0.15, 0.2) is 23.2 Å². The van der Waals surface area contributed by atoms with Gasteiger partial charge in [-0.05, 0) is 51.4 Å². The van der Waals surface area contributed by atoms with Gasteiger partial charge < -0.3 is 25.3 Å². The summed E-state index contributed by atoms with van der Waals surface area (Å²) in [6, 6.07) is 3.98. The Morgan fingerprint density at radius 2 is 1.81 bits per heavy atom. The summed E-state index contributed by atoms with van der Waals surface area (Å²) < 4.78 is 27.3. The fourth-order valence-corrected chi connectivity index (χ4v) is 4.32. The van der Waals surface area contributed by atoms with Gasteiger partial charge in [-0.1, -0.05) is 6.92 Å². The second-order valence-corrected chi connectivity index (χ2v) is 8.42. The summed E-state index contributed by atoms with van der Waals surface area (Å²) in [5.74, 6) is -0.220. The first-order valence-electron chi connectivity index (χ1n) is 11.8. The SMILES string of the molecule is CCNC(=NCCCCN1CCN(CC)CC1)NC1CCN(c2ccc(F)cc2F)C1.I. The van der Waals surface area contributed by atoms with Crippen molar-refractivity contribution in [3.05, 3.63) is 29.8 Å². The number of unbranched alkanes of at least 4 members (excludes halogenated alkanes) is 1. The Balaban J connectivity index is 0.00000363. The lowest BCUT2D eigenvalue weighted by Crippen LogP contribution is -2.46. The van der Waals surface area contributed by atoms with Gasteiger partial charge in [-0.25, -0.2) is 8.78 Å². The molecule has 182 valence electrons. The molecule has 6 nitrogen and oxygen atoms in total. The van der Waals surface area contributed by atoms with Crippen LogP contribution in [0.5, 0.6) is 0 Å². The first-order chi connectivity index (χ1) is 15.1. The third-order valence-corrected chi connectivity index (χ3v) is 6.19. The average molecular weight is 565 g/mol. The Hall–Kier alpha value is -1.20. The molecule has 1 aromatic rings. The zero-order chi connectivity index (χ0) is 22.1. The highest BCUT2D eigenvalue weighted by Crippen LogP contribution is 2.24. The van der Waals surface area contributed by atoms with E-state index in [0.29, 0.717) is 12.2 Å². The molecule has 2 saturated heterocycles. The summed E-state index contributed by atoms with van der Waals surface area (Å²) in [5.41, 5.74) is 0.465. The highest BCUT2D eigenvalue weighted by Gasteiger charge is 2.25. The van der Waals surface area contributed by atoms with Crippen LogP contribution in [0.4, 0.5) is 14.5 Å². The summed E-state index contributed by atoms with van der Waals surface area (Å²) in [5, 5.41) is 6.80. The van der Waals surface area contributed by atoms with E-state index in [9.17, 15) is 8.78 Å². The standard InChI is InChI=1S/C23H38F2N6.HI/c1-3-26-23(27-10-5-6-11-30-15-13-29(4-2)14-16-30)28-20-9-12-31(18-20)22-8-7-19(24)17-21(22)25;/h7-8,17,20H,3-6,9-16,18H2,1-2H3,(H2,26,27,28);1H. The molecule has 0 aliphatic carbocycles. The number of benzene rings is 1. The van der Waals surface area contributed by atoms with Crippen molar-refractivity contribution < 1.29 is 8.78 Å². The maximum atomic E-state index is 14.1. The van der Waals surface area contributed by atoms with E-state index >= 15 is 0 Å². The van der Waals surface area contributed by atoms with Crippen LogP contribution in [0, 0.1) is 11.6 Å². The van der Waals surface area contributed by atoms with Gasteiger partial charge in [0.1, 0.15) is 11.6 Å². The largest absolute Gasteiger partial charge is 0.367 e. The fraction of sp³-hybridized carbons (Fsp3) is 0.696. The second kappa shape index (κ2) is 14.1. The monoisotopic (exact) mass is 564 g/mol. The minimum atomic E-state index is -0.542. The van der Waals surface area contributed by atoms with Gasteiger partial charge in [-0.2, -0.15) is 0 Å². The summed E-state index contributed by atoms with van der Waals surface area (Å²) in [6.07, 6.45) is 3.13. The van der Waals surface area contributed by atoms with E-state index in [-0.39, 0.29) is 30.0 Å². The molecular formula is C23H39F2IN6. The molecule has 2 aliphatic heterocycles. The Morgan fingerprint density at radius 3 is 2.50 bits per heavy atom. The van der Waals surface area contributed by atoms with Crippen LogP contribution >= 0.6 is 24.0 Å².